The van der Waals surface area contributed by atoms with Crippen LogP contribution in [0.4, 0.5) is 5.69 Å². The molecule has 126 valence electrons. The summed E-state index contributed by atoms with van der Waals surface area (Å²) in [5, 5.41) is 10.4. The molecule has 25 heavy (non-hydrogen) atoms. The molecule has 0 fully saturated rings. The summed E-state index contributed by atoms with van der Waals surface area (Å²) in [5.74, 6) is 0. The normalized spacial score (nSPS) is 11.5. The van der Waals surface area contributed by atoms with Gasteiger partial charge in [0, 0.05) is 22.3 Å². The van der Waals surface area contributed by atoms with Gasteiger partial charge in [-0.2, -0.15) is 5.26 Å². The van der Waals surface area contributed by atoms with Crippen molar-refractivity contribution in [1.29, 1.82) is 5.26 Å². The number of thiazole rings is 1. The minimum Gasteiger partial charge on any atom is -0.372 e. The molecule has 0 unspecified atom stereocenters. The van der Waals surface area contributed by atoms with E-state index in [-0.39, 0.29) is 0 Å². The number of para-hydroxylation sites is 1. The maximum Gasteiger partial charge on any atom is 0.135 e. The Balaban J connectivity index is 1.98. The third kappa shape index (κ3) is 3.86. The van der Waals surface area contributed by atoms with Crippen molar-refractivity contribution in [3.8, 4) is 6.07 Å². The van der Waals surface area contributed by atoms with Crippen molar-refractivity contribution in [3.63, 3.8) is 0 Å². The highest BCUT2D eigenvalue weighted by Gasteiger charge is 2.10. The Morgan fingerprint density at radius 2 is 2.00 bits per heavy atom. The molecule has 3 rings (SSSR count). The van der Waals surface area contributed by atoms with Gasteiger partial charge in [0.25, 0.3) is 0 Å². The molecule has 0 saturated carbocycles. The Labute approximate surface area is 165 Å². The number of aromatic nitrogens is 1. The number of benzene rings is 2. The fraction of sp³-hybridized carbons (Fsp3) is 0.200. The molecule has 3 nitrogen and oxygen atoms in total. The summed E-state index contributed by atoms with van der Waals surface area (Å²) in [7, 11) is 0. The van der Waals surface area contributed by atoms with E-state index in [4.69, 9.17) is 0 Å². The monoisotopic (exact) mass is 459 g/mol. The zero-order valence-electron chi connectivity index (χ0n) is 14.2. The molecule has 2 aromatic carbocycles. The van der Waals surface area contributed by atoms with Crippen molar-refractivity contribution in [1.82, 2.24) is 4.98 Å². The number of fused-ring (bicyclic) bond motifs is 1. The minimum absolute atomic E-state index is 0.606. The molecule has 0 N–H and O–H groups in total. The zero-order chi connectivity index (χ0) is 17.8. The van der Waals surface area contributed by atoms with Crippen molar-refractivity contribution in [3.05, 3.63) is 56.6 Å². The second-order valence-electron chi connectivity index (χ2n) is 5.53. The van der Waals surface area contributed by atoms with Gasteiger partial charge < -0.3 is 4.90 Å². The molecule has 0 aliphatic carbocycles. The predicted molar refractivity (Wildman–Crippen MR) is 116 cm³/mol. The first-order valence-electron chi connectivity index (χ1n) is 8.18. The van der Waals surface area contributed by atoms with Gasteiger partial charge in [-0.05, 0) is 72.3 Å². The van der Waals surface area contributed by atoms with E-state index in [1.807, 2.05) is 30.3 Å². The molecular weight excluding hydrogens is 441 g/mol. The summed E-state index contributed by atoms with van der Waals surface area (Å²) in [6.07, 6.45) is 1.94. The first kappa shape index (κ1) is 17.9. The minimum atomic E-state index is 0.606. The standard InChI is InChI=1S/C20H18IN3S/c1-3-24(4-2)16-10-9-14(17(21)12-16)11-15(13-22)20-23-18-7-5-6-8-19(18)25-20/h5-12H,3-4H2,1-2H3/b15-11+. The predicted octanol–water partition coefficient (Wildman–Crippen LogP) is 5.81. The highest BCUT2D eigenvalue weighted by molar-refractivity contribution is 14.1. The van der Waals surface area contributed by atoms with Gasteiger partial charge in [-0.1, -0.05) is 18.2 Å². The molecule has 5 heteroatoms. The van der Waals surface area contributed by atoms with Gasteiger partial charge in [0.15, 0.2) is 0 Å². The molecule has 1 aromatic heterocycles. The quantitative estimate of drug-likeness (QED) is 0.357. The smallest absolute Gasteiger partial charge is 0.135 e. The lowest BCUT2D eigenvalue weighted by atomic mass is 10.1. The average molecular weight is 459 g/mol. The van der Waals surface area contributed by atoms with Crippen molar-refractivity contribution >= 4 is 61.5 Å². The van der Waals surface area contributed by atoms with Gasteiger partial charge in [0.2, 0.25) is 0 Å². The Kier molecular flexibility index (Phi) is 5.71. The van der Waals surface area contributed by atoms with Crippen LogP contribution in [0, 0.1) is 14.9 Å². The molecular formula is C20H18IN3S. The van der Waals surface area contributed by atoms with E-state index >= 15 is 0 Å². The Morgan fingerprint density at radius 3 is 2.64 bits per heavy atom. The first-order valence-corrected chi connectivity index (χ1v) is 10.1. The maximum absolute atomic E-state index is 9.61. The molecule has 0 amide bonds. The van der Waals surface area contributed by atoms with Crippen molar-refractivity contribution < 1.29 is 0 Å². The topological polar surface area (TPSA) is 39.9 Å². The van der Waals surface area contributed by atoms with Gasteiger partial charge in [-0.15, -0.1) is 11.3 Å². The lowest BCUT2D eigenvalue weighted by Gasteiger charge is -2.21. The molecule has 0 aliphatic heterocycles. The summed E-state index contributed by atoms with van der Waals surface area (Å²) in [6, 6.07) is 16.7. The fourth-order valence-corrected chi connectivity index (χ4v) is 4.29. The van der Waals surface area contributed by atoms with Crippen molar-refractivity contribution in [2.45, 2.75) is 13.8 Å². The number of rotatable bonds is 5. The van der Waals surface area contributed by atoms with Crippen molar-refractivity contribution in [2.24, 2.45) is 0 Å². The number of anilines is 1. The first-order chi connectivity index (χ1) is 12.2. The van der Waals surface area contributed by atoms with E-state index in [2.05, 4.69) is 70.6 Å². The molecule has 1 heterocycles. The van der Waals surface area contributed by atoms with E-state index in [0.717, 1.165) is 37.4 Å². The van der Waals surface area contributed by atoms with Crippen LogP contribution in [0.3, 0.4) is 0 Å². The Bertz CT molecular complexity index is 931. The van der Waals surface area contributed by atoms with E-state index in [1.165, 1.54) is 5.69 Å². The second-order valence-corrected chi connectivity index (χ2v) is 7.73. The summed E-state index contributed by atoms with van der Waals surface area (Å²) in [4.78, 5) is 6.91. The van der Waals surface area contributed by atoms with Gasteiger partial charge >= 0.3 is 0 Å². The number of hydrogen-bond donors (Lipinski definition) is 0. The number of hydrogen-bond acceptors (Lipinski definition) is 4. The van der Waals surface area contributed by atoms with E-state index in [0.29, 0.717) is 5.57 Å². The van der Waals surface area contributed by atoms with Gasteiger partial charge in [0.1, 0.15) is 11.1 Å². The van der Waals surface area contributed by atoms with Crippen LogP contribution in [-0.2, 0) is 0 Å². The van der Waals surface area contributed by atoms with Gasteiger partial charge in [-0.25, -0.2) is 4.98 Å². The highest BCUT2D eigenvalue weighted by Crippen LogP contribution is 2.29. The molecule has 3 aromatic rings. The van der Waals surface area contributed by atoms with Crippen LogP contribution in [0.2, 0.25) is 0 Å². The van der Waals surface area contributed by atoms with Crippen LogP contribution in [0.15, 0.2) is 42.5 Å². The summed E-state index contributed by atoms with van der Waals surface area (Å²) >= 11 is 3.90. The molecule has 0 atom stereocenters. The second kappa shape index (κ2) is 7.98. The van der Waals surface area contributed by atoms with Gasteiger partial charge in [0.05, 0.1) is 15.8 Å². The van der Waals surface area contributed by atoms with Crippen LogP contribution >= 0.6 is 33.9 Å². The summed E-state index contributed by atoms with van der Waals surface area (Å²) < 4.78 is 2.24. The Hall–Kier alpha value is -1.91. The van der Waals surface area contributed by atoms with E-state index < -0.39 is 0 Å². The average Bonchev–Trinajstić information content (AvgIpc) is 3.06. The third-order valence-corrected chi connectivity index (χ3v) is 6.06. The maximum atomic E-state index is 9.61. The number of nitriles is 1. The van der Waals surface area contributed by atoms with Crippen LogP contribution < -0.4 is 4.90 Å². The molecule has 0 saturated heterocycles. The van der Waals surface area contributed by atoms with E-state index in [1.54, 1.807) is 11.3 Å². The lowest BCUT2D eigenvalue weighted by molar-refractivity contribution is 0.866. The summed E-state index contributed by atoms with van der Waals surface area (Å²) in [5.41, 5.74) is 3.81. The third-order valence-electron chi connectivity index (χ3n) is 4.06. The molecule has 0 aliphatic rings. The zero-order valence-corrected chi connectivity index (χ0v) is 17.1. The summed E-state index contributed by atoms with van der Waals surface area (Å²) in [6.45, 7) is 6.28. The van der Waals surface area contributed by atoms with Crippen LogP contribution in [0.25, 0.3) is 21.9 Å². The SMILES string of the molecule is CCN(CC)c1ccc(/C=C(\C#N)c2nc3ccccc3s2)c(I)c1. The van der Waals surface area contributed by atoms with Crippen molar-refractivity contribution in [2.75, 3.05) is 18.0 Å². The van der Waals surface area contributed by atoms with Crippen LogP contribution in [0.1, 0.15) is 24.4 Å². The molecule has 0 spiro atoms. The largest absolute Gasteiger partial charge is 0.372 e. The lowest BCUT2D eigenvalue weighted by Crippen LogP contribution is -2.21. The molecule has 0 radical (unpaired) electrons. The fourth-order valence-electron chi connectivity index (χ4n) is 2.70. The Morgan fingerprint density at radius 1 is 1.24 bits per heavy atom. The van der Waals surface area contributed by atoms with Crippen LogP contribution in [-0.4, -0.2) is 18.1 Å². The van der Waals surface area contributed by atoms with Crippen LogP contribution in [0.5, 0.6) is 0 Å². The highest BCUT2D eigenvalue weighted by atomic mass is 127. The number of nitrogens with zero attached hydrogens (tertiary/aromatic N) is 3. The van der Waals surface area contributed by atoms with Gasteiger partial charge in [-0.3, -0.25) is 0 Å². The number of allylic oxidation sites excluding steroid dienone is 1. The van der Waals surface area contributed by atoms with E-state index in [9.17, 15) is 5.26 Å². The molecule has 0 bridgehead atoms. The number of halogens is 1.